The van der Waals surface area contributed by atoms with Crippen molar-refractivity contribution in [2.24, 2.45) is 0 Å². The van der Waals surface area contributed by atoms with Gasteiger partial charge in [-0.25, -0.2) is 9.59 Å². The SMILES string of the molecule is C/C=C/C(=O)Oc1cccc(Oc2cc(OC(=O)/C=C/C)ccc2Sc2ccc(OC(=[OH+])/C=C/C)cc2)c1. The number of allylic oxidation sites excluding steroid dienone is 3. The highest BCUT2D eigenvalue weighted by atomic mass is 32.2. The Morgan fingerprint density at radius 2 is 1.26 bits per heavy atom. The normalized spacial score (nSPS) is 11.1. The zero-order valence-corrected chi connectivity index (χ0v) is 21.9. The first-order valence-corrected chi connectivity index (χ1v) is 12.5. The van der Waals surface area contributed by atoms with Crippen LogP contribution in [0.25, 0.3) is 0 Å². The average molecular weight is 532 g/mol. The van der Waals surface area contributed by atoms with Crippen molar-refractivity contribution in [1.29, 1.82) is 0 Å². The maximum absolute atomic E-state index is 12.0. The quantitative estimate of drug-likeness (QED) is 0.120. The van der Waals surface area contributed by atoms with E-state index >= 15 is 0 Å². The minimum absolute atomic E-state index is 0.203. The Kier molecular flexibility index (Phi) is 10.5. The van der Waals surface area contributed by atoms with Gasteiger partial charge in [0.2, 0.25) is 5.75 Å². The molecule has 0 aliphatic heterocycles. The molecule has 0 spiro atoms. The summed E-state index contributed by atoms with van der Waals surface area (Å²) in [6, 6.07) is 18.9. The smallest absolute Gasteiger partial charge is 0.456 e. The summed E-state index contributed by atoms with van der Waals surface area (Å²) in [5.74, 6) is 0.756. The number of hydrogen-bond donors (Lipinski definition) is 0. The molecule has 8 heteroatoms. The monoisotopic (exact) mass is 531 g/mol. The molecular formula is C30H27O7S+. The molecule has 0 heterocycles. The largest absolute Gasteiger partial charge is 0.516 e. The topological polar surface area (TPSA) is 92.5 Å². The number of hydrogen-bond acceptors (Lipinski definition) is 7. The van der Waals surface area contributed by atoms with Crippen molar-refractivity contribution in [1.82, 2.24) is 0 Å². The number of carbonyl (C=O) groups is 2. The van der Waals surface area contributed by atoms with Crippen LogP contribution in [0.5, 0.6) is 28.7 Å². The van der Waals surface area contributed by atoms with E-state index in [1.807, 2.05) is 12.1 Å². The maximum atomic E-state index is 12.0. The Balaban J connectivity index is 1.86. The first-order chi connectivity index (χ1) is 18.4. The van der Waals surface area contributed by atoms with Crippen molar-refractivity contribution in [3.05, 3.63) is 103 Å². The van der Waals surface area contributed by atoms with Gasteiger partial charge in [0, 0.05) is 41.3 Å². The summed E-state index contributed by atoms with van der Waals surface area (Å²) in [5, 5.41) is 0. The lowest BCUT2D eigenvalue weighted by molar-refractivity contribution is -0.129. The van der Waals surface area contributed by atoms with E-state index in [1.54, 1.807) is 93.6 Å². The van der Waals surface area contributed by atoms with Crippen LogP contribution >= 0.6 is 11.8 Å². The van der Waals surface area contributed by atoms with Gasteiger partial charge in [-0.2, -0.15) is 0 Å². The molecule has 0 aliphatic carbocycles. The standard InChI is InChI=1S/C30H26O7S/c1-4-8-28(31)35-21-13-16-25(17-14-21)38-27-18-15-24(37-30(33)10-6-3)20-26(27)34-22-11-7-12-23(19-22)36-29(32)9-5-2/h4-20H,1-3H3/p+1/b8-4+,9-5+,10-6+. The summed E-state index contributed by atoms with van der Waals surface area (Å²) in [5.41, 5.74) is 0. The van der Waals surface area contributed by atoms with E-state index < -0.39 is 11.9 Å². The van der Waals surface area contributed by atoms with Gasteiger partial charge in [-0.05, 0) is 57.2 Å². The predicted molar refractivity (Wildman–Crippen MR) is 147 cm³/mol. The third kappa shape index (κ3) is 8.83. The van der Waals surface area contributed by atoms with E-state index in [0.29, 0.717) is 28.7 Å². The summed E-state index contributed by atoms with van der Waals surface area (Å²) in [7, 11) is 0. The van der Waals surface area contributed by atoms with Crippen LogP contribution in [0.3, 0.4) is 0 Å². The van der Waals surface area contributed by atoms with Crippen LogP contribution in [0.1, 0.15) is 20.8 Å². The Bertz CT molecular complexity index is 1370. The molecule has 1 N–H and O–H groups in total. The van der Waals surface area contributed by atoms with E-state index in [4.69, 9.17) is 18.9 Å². The van der Waals surface area contributed by atoms with E-state index in [9.17, 15) is 14.4 Å². The van der Waals surface area contributed by atoms with Gasteiger partial charge in [-0.3, -0.25) is 4.74 Å². The van der Waals surface area contributed by atoms with Crippen molar-refractivity contribution >= 4 is 29.7 Å². The molecule has 0 radical (unpaired) electrons. The van der Waals surface area contributed by atoms with Crippen molar-refractivity contribution in [3.8, 4) is 28.7 Å². The molecule has 0 bridgehead atoms. The molecule has 7 nitrogen and oxygen atoms in total. The average Bonchev–Trinajstić information content (AvgIpc) is 2.87. The first-order valence-electron chi connectivity index (χ1n) is 11.7. The fourth-order valence-corrected chi connectivity index (χ4v) is 3.88. The molecule has 0 fully saturated rings. The highest BCUT2D eigenvalue weighted by molar-refractivity contribution is 7.99. The zero-order valence-electron chi connectivity index (χ0n) is 21.1. The van der Waals surface area contributed by atoms with E-state index in [0.717, 1.165) is 9.79 Å². The lowest BCUT2D eigenvalue weighted by Crippen LogP contribution is -2.04. The van der Waals surface area contributed by atoms with Crippen LogP contribution in [0.2, 0.25) is 0 Å². The van der Waals surface area contributed by atoms with Gasteiger partial charge in [-0.15, -0.1) is 0 Å². The number of esters is 3. The van der Waals surface area contributed by atoms with Crippen LogP contribution in [0.15, 0.2) is 113 Å². The minimum Gasteiger partial charge on any atom is -0.456 e. The molecule has 194 valence electrons. The van der Waals surface area contributed by atoms with Crippen molar-refractivity contribution in [3.63, 3.8) is 0 Å². The third-order valence-electron chi connectivity index (χ3n) is 4.57. The number of ether oxygens (including phenoxy) is 4. The maximum Gasteiger partial charge on any atom is 0.516 e. The molecule has 0 unspecified atom stereocenters. The van der Waals surface area contributed by atoms with Crippen LogP contribution in [-0.4, -0.2) is 22.7 Å². The van der Waals surface area contributed by atoms with Crippen molar-refractivity contribution in [2.45, 2.75) is 30.6 Å². The van der Waals surface area contributed by atoms with Gasteiger partial charge in [0.15, 0.2) is 0 Å². The summed E-state index contributed by atoms with van der Waals surface area (Å²) in [6.07, 6.45) is 8.94. The van der Waals surface area contributed by atoms with Gasteiger partial charge < -0.3 is 19.0 Å². The molecule has 0 aromatic heterocycles. The summed E-state index contributed by atoms with van der Waals surface area (Å²) in [6.45, 7) is 5.23. The minimum atomic E-state index is -0.509. The van der Waals surface area contributed by atoms with Gasteiger partial charge in [-0.1, -0.05) is 36.1 Å². The molecule has 0 amide bonds. The second kappa shape index (κ2) is 14.2. The Morgan fingerprint density at radius 3 is 1.89 bits per heavy atom. The number of rotatable bonds is 10. The Hall–Kier alpha value is -4.56. The van der Waals surface area contributed by atoms with E-state index in [2.05, 4.69) is 0 Å². The highest BCUT2D eigenvalue weighted by Gasteiger charge is 2.14. The van der Waals surface area contributed by atoms with Crippen molar-refractivity contribution in [2.75, 3.05) is 0 Å². The Labute approximate surface area is 225 Å². The van der Waals surface area contributed by atoms with Crippen LogP contribution in [0.4, 0.5) is 0 Å². The number of carbonyl (C=O) groups excluding carboxylic acids is 3. The molecular weight excluding hydrogens is 504 g/mol. The first kappa shape index (κ1) is 28.0. The van der Waals surface area contributed by atoms with Crippen LogP contribution in [0, 0.1) is 0 Å². The van der Waals surface area contributed by atoms with E-state index in [1.165, 1.54) is 30.0 Å². The predicted octanol–water partition coefficient (Wildman–Crippen LogP) is 7.05. The molecule has 3 aromatic carbocycles. The summed E-state index contributed by atoms with van der Waals surface area (Å²) >= 11 is 1.42. The Morgan fingerprint density at radius 1 is 0.684 bits per heavy atom. The van der Waals surface area contributed by atoms with E-state index in [-0.39, 0.29) is 5.97 Å². The molecule has 0 saturated carbocycles. The van der Waals surface area contributed by atoms with Gasteiger partial charge >= 0.3 is 17.9 Å². The zero-order chi connectivity index (χ0) is 27.3. The van der Waals surface area contributed by atoms with Gasteiger partial charge in [0.25, 0.3) is 0 Å². The molecule has 0 aliphatic rings. The number of benzene rings is 3. The fraction of sp³-hybridized carbons (Fsp3) is 0.100. The second-order valence-electron chi connectivity index (χ2n) is 7.54. The highest BCUT2D eigenvalue weighted by Crippen LogP contribution is 2.40. The molecule has 3 rings (SSSR count). The fourth-order valence-electron chi connectivity index (χ4n) is 3.02. The summed E-state index contributed by atoms with van der Waals surface area (Å²) < 4.78 is 22.2. The van der Waals surface area contributed by atoms with Gasteiger partial charge in [0.05, 0.1) is 11.0 Å². The molecule has 0 atom stereocenters. The molecule has 3 aromatic rings. The molecule has 0 saturated heterocycles. The lowest BCUT2D eigenvalue weighted by Gasteiger charge is -2.13. The molecule has 38 heavy (non-hydrogen) atoms. The summed E-state index contributed by atoms with van der Waals surface area (Å²) in [4.78, 5) is 35.1. The second-order valence-corrected chi connectivity index (χ2v) is 8.66. The third-order valence-corrected chi connectivity index (χ3v) is 5.64. The van der Waals surface area contributed by atoms with Gasteiger partial charge in [0.1, 0.15) is 23.0 Å². The van der Waals surface area contributed by atoms with Crippen LogP contribution in [-0.2, 0) is 9.59 Å². The lowest BCUT2D eigenvalue weighted by atomic mass is 10.3. The van der Waals surface area contributed by atoms with Crippen molar-refractivity contribution < 1.29 is 33.3 Å². The van der Waals surface area contributed by atoms with Crippen LogP contribution < -0.4 is 18.9 Å².